The number of Topliss-reactive ketones (excluding diaryl/α,β-unsaturated/α-hetero) is 1. The molecule has 148 valence electrons. The molecule has 3 aromatic heterocycles. The third-order valence-corrected chi connectivity index (χ3v) is 6.87. The summed E-state index contributed by atoms with van der Waals surface area (Å²) in [5, 5.41) is 0.636. The minimum Gasteiger partial charge on any atom is -0.355 e. The van der Waals surface area contributed by atoms with E-state index in [1.54, 1.807) is 31.6 Å². The zero-order valence-corrected chi connectivity index (χ0v) is 16.8. The topological polar surface area (TPSA) is 63.9 Å². The Balaban J connectivity index is 1.26. The van der Waals surface area contributed by atoms with E-state index in [1.165, 1.54) is 11.8 Å². The average Bonchev–Trinajstić information content (AvgIpc) is 3.28. The van der Waals surface area contributed by atoms with Crippen LogP contribution in [0.2, 0.25) is 0 Å². The van der Waals surface area contributed by atoms with E-state index < -0.39 is 0 Å². The molecule has 0 N–H and O–H groups in total. The zero-order valence-electron chi connectivity index (χ0n) is 16.0. The molecule has 0 aromatic carbocycles. The van der Waals surface area contributed by atoms with Crippen molar-refractivity contribution in [3.8, 4) is 0 Å². The van der Waals surface area contributed by atoms with Crippen LogP contribution >= 0.6 is 11.8 Å². The summed E-state index contributed by atoms with van der Waals surface area (Å²) >= 11 is 1.24. The third kappa shape index (κ3) is 3.11. The molecule has 0 aliphatic carbocycles. The maximum Gasteiger partial charge on any atom is 0.187 e. The van der Waals surface area contributed by atoms with Crippen LogP contribution in [0.15, 0.2) is 52.9 Å². The average molecular weight is 409 g/mol. The number of carbonyl (C=O) groups excluding carboxylic acids is 1. The fraction of sp³-hybridized carbons (Fsp3) is 0.333. The number of carbonyl (C=O) groups is 1. The summed E-state index contributed by atoms with van der Waals surface area (Å²) < 4.78 is 16.2. The van der Waals surface area contributed by atoms with Crippen LogP contribution in [0, 0.1) is 18.2 Å². The van der Waals surface area contributed by atoms with Gasteiger partial charge in [-0.2, -0.15) is 0 Å². The van der Waals surface area contributed by atoms with E-state index in [9.17, 15) is 9.18 Å². The van der Waals surface area contributed by atoms with Crippen molar-refractivity contribution in [3.63, 3.8) is 0 Å². The molecule has 2 aliphatic heterocycles. The van der Waals surface area contributed by atoms with Gasteiger partial charge in [0, 0.05) is 32.0 Å². The number of rotatable bonds is 3. The molecule has 1 fully saturated rings. The molecule has 29 heavy (non-hydrogen) atoms. The molecule has 8 heteroatoms. The summed E-state index contributed by atoms with van der Waals surface area (Å²) in [6, 6.07) is 5.49. The van der Waals surface area contributed by atoms with E-state index in [2.05, 4.69) is 24.4 Å². The number of piperidine rings is 1. The summed E-state index contributed by atoms with van der Waals surface area (Å²) in [5.74, 6) is 0.742. The lowest BCUT2D eigenvalue weighted by molar-refractivity contribution is 0.0766. The Bertz CT molecular complexity index is 1070. The first-order valence-corrected chi connectivity index (χ1v) is 10.4. The number of anilines is 1. The minimum atomic E-state index is -0.323. The molecule has 0 bridgehead atoms. The summed E-state index contributed by atoms with van der Waals surface area (Å²) in [6.07, 6.45) is 8.61. The predicted molar refractivity (Wildman–Crippen MR) is 108 cm³/mol. The molecule has 1 spiro atoms. The second-order valence-electron chi connectivity index (χ2n) is 7.64. The molecule has 1 saturated heterocycles. The van der Waals surface area contributed by atoms with Gasteiger partial charge in [-0.25, -0.2) is 14.4 Å². The number of ketones is 1. The molecule has 0 radical (unpaired) electrons. The molecule has 3 aromatic rings. The molecule has 5 heterocycles. The lowest BCUT2D eigenvalue weighted by Gasteiger charge is -2.38. The van der Waals surface area contributed by atoms with Crippen molar-refractivity contribution >= 4 is 23.4 Å². The lowest BCUT2D eigenvalue weighted by atomic mass is 9.76. The van der Waals surface area contributed by atoms with E-state index in [1.807, 2.05) is 18.3 Å². The Labute approximate surface area is 172 Å². The molecular formula is C21H20FN5OS. The normalized spacial score (nSPS) is 17.7. The van der Waals surface area contributed by atoms with Gasteiger partial charge < -0.3 is 9.47 Å². The van der Waals surface area contributed by atoms with E-state index in [0.29, 0.717) is 15.6 Å². The largest absolute Gasteiger partial charge is 0.355 e. The SMILES string of the molecule is Cc1nccc(Sc2cnc(N3CCC4(CC3)Cn3cccc3C4=O)cn2)c1F. The van der Waals surface area contributed by atoms with Gasteiger partial charge in [0.05, 0.1) is 34.1 Å². The molecule has 0 unspecified atom stereocenters. The molecule has 5 rings (SSSR count). The third-order valence-electron chi connectivity index (χ3n) is 5.92. The van der Waals surface area contributed by atoms with Gasteiger partial charge in [-0.15, -0.1) is 0 Å². The Morgan fingerprint density at radius 2 is 1.97 bits per heavy atom. The molecular weight excluding hydrogens is 389 g/mol. The highest BCUT2D eigenvalue weighted by atomic mass is 32.2. The van der Waals surface area contributed by atoms with Crippen molar-refractivity contribution < 1.29 is 9.18 Å². The fourth-order valence-corrected chi connectivity index (χ4v) is 5.02. The number of hydrogen-bond acceptors (Lipinski definition) is 6. The van der Waals surface area contributed by atoms with Crippen LogP contribution < -0.4 is 4.90 Å². The number of halogens is 1. The van der Waals surface area contributed by atoms with Crippen LogP contribution in [0.4, 0.5) is 10.2 Å². The molecule has 2 aliphatic rings. The van der Waals surface area contributed by atoms with Crippen molar-refractivity contribution in [1.29, 1.82) is 0 Å². The van der Waals surface area contributed by atoms with E-state index in [4.69, 9.17) is 0 Å². The molecule has 0 atom stereocenters. The van der Waals surface area contributed by atoms with Gasteiger partial charge in [0.2, 0.25) is 0 Å². The number of fused-ring (bicyclic) bond motifs is 1. The standard InChI is InChI=1S/C21H20FN5OS/c1-14-19(22)16(4-7-23-14)29-18-12-24-17(11-25-18)26-9-5-21(6-10-26)13-27-8-2-3-15(27)20(21)28/h2-4,7-8,11-12H,5-6,9-10,13H2,1H3. The maximum absolute atomic E-state index is 14.1. The minimum absolute atomic E-state index is 0.271. The summed E-state index contributed by atoms with van der Waals surface area (Å²) in [4.78, 5) is 28.4. The van der Waals surface area contributed by atoms with Gasteiger partial charge in [0.25, 0.3) is 0 Å². The Morgan fingerprint density at radius 1 is 1.14 bits per heavy atom. The summed E-state index contributed by atoms with van der Waals surface area (Å²) in [5.41, 5.74) is 0.931. The predicted octanol–water partition coefficient (Wildman–Crippen LogP) is 3.75. The Hall–Kier alpha value is -2.74. The Morgan fingerprint density at radius 3 is 2.69 bits per heavy atom. The second kappa shape index (κ2) is 6.95. The fourth-order valence-electron chi connectivity index (χ4n) is 4.22. The monoisotopic (exact) mass is 409 g/mol. The van der Waals surface area contributed by atoms with Gasteiger partial charge in [-0.05, 0) is 38.0 Å². The van der Waals surface area contributed by atoms with Crippen molar-refractivity contribution in [3.05, 3.63) is 60.2 Å². The number of hydrogen-bond donors (Lipinski definition) is 0. The first-order valence-electron chi connectivity index (χ1n) is 9.62. The van der Waals surface area contributed by atoms with Crippen LogP contribution in [0.25, 0.3) is 0 Å². The number of pyridine rings is 1. The second-order valence-corrected chi connectivity index (χ2v) is 8.70. The summed E-state index contributed by atoms with van der Waals surface area (Å²) in [6.45, 7) is 3.97. The highest BCUT2D eigenvalue weighted by Gasteiger charge is 2.47. The van der Waals surface area contributed by atoms with Crippen molar-refractivity contribution in [1.82, 2.24) is 19.5 Å². The smallest absolute Gasteiger partial charge is 0.187 e. The Kier molecular flexibility index (Phi) is 4.38. The molecule has 0 saturated carbocycles. The number of nitrogens with zero attached hydrogens (tertiary/aromatic N) is 5. The van der Waals surface area contributed by atoms with Crippen LogP contribution in [-0.4, -0.2) is 38.4 Å². The van der Waals surface area contributed by atoms with Gasteiger partial charge in [0.15, 0.2) is 11.6 Å². The van der Waals surface area contributed by atoms with Gasteiger partial charge in [-0.1, -0.05) is 11.8 Å². The highest BCUT2D eigenvalue weighted by Crippen LogP contribution is 2.42. The van der Waals surface area contributed by atoms with E-state index in [-0.39, 0.29) is 17.0 Å². The van der Waals surface area contributed by atoms with Crippen LogP contribution in [0.3, 0.4) is 0 Å². The van der Waals surface area contributed by atoms with E-state index >= 15 is 0 Å². The first kappa shape index (κ1) is 18.3. The highest BCUT2D eigenvalue weighted by molar-refractivity contribution is 7.99. The zero-order chi connectivity index (χ0) is 20.0. The number of aryl methyl sites for hydroxylation is 1. The quantitative estimate of drug-likeness (QED) is 0.656. The van der Waals surface area contributed by atoms with Crippen molar-refractivity contribution in [2.75, 3.05) is 18.0 Å². The molecule has 0 amide bonds. The van der Waals surface area contributed by atoms with Gasteiger partial charge >= 0.3 is 0 Å². The van der Waals surface area contributed by atoms with Gasteiger partial charge in [0.1, 0.15) is 10.8 Å². The first-order chi connectivity index (χ1) is 14.1. The van der Waals surface area contributed by atoms with Crippen LogP contribution in [0.1, 0.15) is 29.0 Å². The van der Waals surface area contributed by atoms with Crippen molar-refractivity contribution in [2.24, 2.45) is 5.41 Å². The summed E-state index contributed by atoms with van der Waals surface area (Å²) in [7, 11) is 0. The van der Waals surface area contributed by atoms with E-state index in [0.717, 1.165) is 44.0 Å². The van der Waals surface area contributed by atoms with Crippen LogP contribution in [0.5, 0.6) is 0 Å². The van der Waals surface area contributed by atoms with Crippen LogP contribution in [-0.2, 0) is 6.54 Å². The lowest BCUT2D eigenvalue weighted by Crippen LogP contribution is -2.44. The number of aromatic nitrogens is 4. The van der Waals surface area contributed by atoms with Gasteiger partial charge in [-0.3, -0.25) is 9.78 Å². The molecule has 6 nitrogen and oxygen atoms in total. The maximum atomic E-state index is 14.1. The van der Waals surface area contributed by atoms with Crippen molar-refractivity contribution in [2.45, 2.75) is 36.2 Å².